The maximum absolute atomic E-state index is 12.1. The summed E-state index contributed by atoms with van der Waals surface area (Å²) in [7, 11) is -3.05. The third-order valence-electron chi connectivity index (χ3n) is 5.74. The summed E-state index contributed by atoms with van der Waals surface area (Å²) in [5.74, 6) is 0.120. The van der Waals surface area contributed by atoms with Gasteiger partial charge in [0.1, 0.15) is 0 Å². The molecule has 0 spiro atoms. The minimum Gasteiger partial charge on any atom is -0.228 e. The Bertz CT molecular complexity index is 1090. The number of hydrogen-bond donors (Lipinski definition) is 0. The molecule has 0 aliphatic heterocycles. The van der Waals surface area contributed by atoms with Gasteiger partial charge in [0.05, 0.1) is 11.0 Å². The number of rotatable bonds is 6. The second kappa shape index (κ2) is 7.56. The number of hydrogen-bond acceptors (Lipinski definition) is 2. The zero-order valence-electron chi connectivity index (χ0n) is 16.5. The van der Waals surface area contributed by atoms with E-state index >= 15 is 0 Å². The highest BCUT2D eigenvalue weighted by atomic mass is 32.2. The molecule has 0 atom stereocenters. The molecule has 28 heavy (non-hydrogen) atoms. The lowest BCUT2D eigenvalue weighted by Gasteiger charge is -2.10. The fourth-order valence-corrected chi connectivity index (χ4v) is 4.93. The topological polar surface area (TPSA) is 34.1 Å². The van der Waals surface area contributed by atoms with Crippen LogP contribution in [0.2, 0.25) is 0 Å². The maximum Gasteiger partial charge on any atom is 0.156 e. The molecule has 1 aliphatic rings. The van der Waals surface area contributed by atoms with E-state index in [9.17, 15) is 8.42 Å². The molecule has 4 rings (SSSR count). The van der Waals surface area contributed by atoms with Crippen molar-refractivity contribution < 1.29 is 8.42 Å². The Balaban J connectivity index is 1.46. The highest BCUT2D eigenvalue weighted by Gasteiger charge is 2.20. The summed E-state index contributed by atoms with van der Waals surface area (Å²) >= 11 is 0. The van der Waals surface area contributed by atoms with Gasteiger partial charge in [-0.1, -0.05) is 66.7 Å². The minimum absolute atomic E-state index is 0.120. The summed E-state index contributed by atoms with van der Waals surface area (Å²) in [6.45, 7) is 3.47. The molecule has 144 valence electrons. The van der Waals surface area contributed by atoms with Gasteiger partial charge in [-0.2, -0.15) is 0 Å². The van der Waals surface area contributed by atoms with Crippen LogP contribution in [0.5, 0.6) is 0 Å². The normalized spacial score (nSPS) is 12.8. The van der Waals surface area contributed by atoms with Crippen LogP contribution in [0, 0.1) is 0 Å². The molecule has 0 bridgehead atoms. The standard InChI is InChI=1S/C25H26O2S/c1-18(2)28(26,27)17-20-12-10-19(11-13-20)14-15-21-7-5-9-24-23-8-4-3-6-22(23)16-25(21)24/h3-13,18H,14-17H2,1-2H3. The van der Waals surface area contributed by atoms with E-state index in [1.54, 1.807) is 13.8 Å². The summed E-state index contributed by atoms with van der Waals surface area (Å²) in [5.41, 5.74) is 9.16. The van der Waals surface area contributed by atoms with Gasteiger partial charge < -0.3 is 0 Å². The van der Waals surface area contributed by atoms with Gasteiger partial charge in [0.2, 0.25) is 0 Å². The Morgan fingerprint density at radius 1 is 0.786 bits per heavy atom. The van der Waals surface area contributed by atoms with Gasteiger partial charge in [-0.3, -0.25) is 0 Å². The van der Waals surface area contributed by atoms with Gasteiger partial charge in [-0.15, -0.1) is 0 Å². The lowest BCUT2D eigenvalue weighted by Crippen LogP contribution is -2.15. The SMILES string of the molecule is CC(C)S(=O)(=O)Cc1ccc(CCc2cccc3c2Cc2ccccc2-3)cc1. The molecule has 3 aromatic carbocycles. The van der Waals surface area contributed by atoms with Crippen LogP contribution in [-0.4, -0.2) is 13.7 Å². The van der Waals surface area contributed by atoms with Crippen LogP contribution < -0.4 is 0 Å². The Morgan fingerprint density at radius 3 is 2.21 bits per heavy atom. The first-order valence-electron chi connectivity index (χ1n) is 9.92. The zero-order chi connectivity index (χ0) is 19.7. The molecule has 0 aromatic heterocycles. The van der Waals surface area contributed by atoms with Gasteiger partial charge in [0.25, 0.3) is 0 Å². The zero-order valence-corrected chi connectivity index (χ0v) is 17.3. The van der Waals surface area contributed by atoms with Crippen molar-refractivity contribution in [2.24, 2.45) is 0 Å². The van der Waals surface area contributed by atoms with Crippen LogP contribution in [0.1, 0.15) is 41.7 Å². The van der Waals surface area contributed by atoms with Gasteiger partial charge in [0.15, 0.2) is 9.84 Å². The first-order valence-corrected chi connectivity index (χ1v) is 11.6. The van der Waals surface area contributed by atoms with Crippen molar-refractivity contribution in [1.29, 1.82) is 0 Å². The van der Waals surface area contributed by atoms with E-state index in [1.165, 1.54) is 33.4 Å². The van der Waals surface area contributed by atoms with E-state index in [0.29, 0.717) is 0 Å². The summed E-state index contributed by atoms with van der Waals surface area (Å²) in [5, 5.41) is -0.337. The average Bonchev–Trinajstić information content (AvgIpc) is 3.06. The second-order valence-electron chi connectivity index (χ2n) is 7.95. The Labute approximate surface area is 168 Å². The molecule has 0 amide bonds. The number of fused-ring (bicyclic) bond motifs is 3. The molecule has 0 radical (unpaired) electrons. The molecule has 1 aliphatic carbocycles. The van der Waals surface area contributed by atoms with E-state index in [4.69, 9.17) is 0 Å². The molecule has 0 unspecified atom stereocenters. The smallest absolute Gasteiger partial charge is 0.156 e. The first kappa shape index (κ1) is 18.9. The van der Waals surface area contributed by atoms with Gasteiger partial charge >= 0.3 is 0 Å². The predicted molar refractivity (Wildman–Crippen MR) is 116 cm³/mol. The van der Waals surface area contributed by atoms with Crippen LogP contribution in [0.25, 0.3) is 11.1 Å². The van der Waals surface area contributed by atoms with Crippen LogP contribution in [0.15, 0.2) is 66.7 Å². The number of sulfone groups is 1. The lowest BCUT2D eigenvalue weighted by molar-refractivity contribution is 0.586. The fraction of sp³-hybridized carbons (Fsp3) is 0.280. The van der Waals surface area contributed by atoms with E-state index < -0.39 is 9.84 Å². The Morgan fingerprint density at radius 2 is 1.46 bits per heavy atom. The molecule has 0 heterocycles. The molecule has 0 saturated carbocycles. The fourth-order valence-electron chi connectivity index (χ4n) is 3.94. The van der Waals surface area contributed by atoms with Crippen LogP contribution in [0.3, 0.4) is 0 Å². The minimum atomic E-state index is -3.05. The maximum atomic E-state index is 12.1. The highest BCUT2D eigenvalue weighted by molar-refractivity contribution is 7.91. The highest BCUT2D eigenvalue weighted by Crippen LogP contribution is 2.38. The summed E-state index contributed by atoms with van der Waals surface area (Å²) in [4.78, 5) is 0. The monoisotopic (exact) mass is 390 g/mol. The summed E-state index contributed by atoms with van der Waals surface area (Å²) in [6.07, 6.45) is 2.98. The predicted octanol–water partition coefficient (Wildman–Crippen LogP) is 5.37. The molecule has 2 nitrogen and oxygen atoms in total. The Hall–Kier alpha value is -2.39. The first-order chi connectivity index (χ1) is 13.4. The third kappa shape index (κ3) is 3.77. The van der Waals surface area contributed by atoms with Crippen molar-refractivity contribution in [1.82, 2.24) is 0 Å². The molecule has 0 fully saturated rings. The molecular formula is C25H26O2S. The third-order valence-corrected chi connectivity index (χ3v) is 7.91. The Kier molecular flexibility index (Phi) is 5.11. The van der Waals surface area contributed by atoms with E-state index in [0.717, 1.165) is 24.8 Å². The molecular weight excluding hydrogens is 364 g/mol. The molecule has 0 N–H and O–H groups in total. The van der Waals surface area contributed by atoms with Crippen LogP contribution in [-0.2, 0) is 34.9 Å². The number of benzene rings is 3. The van der Waals surface area contributed by atoms with E-state index in [1.807, 2.05) is 12.1 Å². The quantitative estimate of drug-likeness (QED) is 0.444. The van der Waals surface area contributed by atoms with Crippen molar-refractivity contribution in [3.05, 3.63) is 94.5 Å². The average molecular weight is 391 g/mol. The van der Waals surface area contributed by atoms with Gasteiger partial charge in [0, 0.05) is 0 Å². The summed E-state index contributed by atoms with van der Waals surface area (Å²) in [6, 6.07) is 23.4. The molecule has 3 heteroatoms. The summed E-state index contributed by atoms with van der Waals surface area (Å²) < 4.78 is 24.2. The van der Waals surface area contributed by atoms with E-state index in [2.05, 4.69) is 54.6 Å². The van der Waals surface area contributed by atoms with Crippen molar-refractivity contribution >= 4 is 9.84 Å². The molecule has 3 aromatic rings. The van der Waals surface area contributed by atoms with Crippen molar-refractivity contribution in [2.45, 2.75) is 44.1 Å². The largest absolute Gasteiger partial charge is 0.228 e. The van der Waals surface area contributed by atoms with Crippen molar-refractivity contribution in [3.63, 3.8) is 0 Å². The van der Waals surface area contributed by atoms with Crippen molar-refractivity contribution in [3.8, 4) is 11.1 Å². The second-order valence-corrected chi connectivity index (χ2v) is 10.5. The van der Waals surface area contributed by atoms with Crippen molar-refractivity contribution in [2.75, 3.05) is 0 Å². The van der Waals surface area contributed by atoms with Gasteiger partial charge in [-0.05, 0) is 72.1 Å². The number of aryl methyl sites for hydroxylation is 2. The van der Waals surface area contributed by atoms with Crippen LogP contribution in [0.4, 0.5) is 0 Å². The van der Waals surface area contributed by atoms with Crippen LogP contribution >= 0.6 is 0 Å². The van der Waals surface area contributed by atoms with Gasteiger partial charge in [-0.25, -0.2) is 8.42 Å². The molecule has 0 saturated heterocycles. The van der Waals surface area contributed by atoms with E-state index in [-0.39, 0.29) is 11.0 Å². The lowest BCUT2D eigenvalue weighted by atomic mass is 9.96.